The molecule has 28 heavy (non-hydrogen) atoms. The molecule has 1 aromatic heterocycles. The number of benzene rings is 2. The van der Waals surface area contributed by atoms with Crippen molar-refractivity contribution in [2.45, 2.75) is 26.8 Å². The molecule has 0 bridgehead atoms. The summed E-state index contributed by atoms with van der Waals surface area (Å²) < 4.78 is 1.90. The number of hydrogen-bond acceptors (Lipinski definition) is 4. The Morgan fingerprint density at radius 3 is 2.64 bits per heavy atom. The number of hydrogen-bond donors (Lipinski definition) is 2. The van der Waals surface area contributed by atoms with Gasteiger partial charge in [-0.25, -0.2) is 4.79 Å². The highest BCUT2D eigenvalue weighted by Gasteiger charge is 2.19. The lowest BCUT2D eigenvalue weighted by Gasteiger charge is -2.30. The fraction of sp³-hybridized carbons (Fsp3) is 0.409. The molecule has 5 nitrogen and oxygen atoms in total. The fourth-order valence-corrected chi connectivity index (χ4v) is 4.56. The van der Waals surface area contributed by atoms with Gasteiger partial charge in [-0.15, -0.1) is 0 Å². The quantitative estimate of drug-likeness (QED) is 0.636. The first-order valence-electron chi connectivity index (χ1n) is 10.1. The van der Waals surface area contributed by atoms with Gasteiger partial charge in [0, 0.05) is 36.8 Å². The summed E-state index contributed by atoms with van der Waals surface area (Å²) in [5.41, 5.74) is 5.14. The van der Waals surface area contributed by atoms with Gasteiger partial charge in [0.2, 0.25) is 0 Å². The number of anilines is 3. The second-order valence-electron chi connectivity index (χ2n) is 7.53. The molecule has 6 heteroatoms. The van der Waals surface area contributed by atoms with Crippen molar-refractivity contribution in [3.05, 3.63) is 52.9 Å². The van der Waals surface area contributed by atoms with Crippen molar-refractivity contribution >= 4 is 39.9 Å². The van der Waals surface area contributed by atoms with Crippen molar-refractivity contribution in [2.24, 2.45) is 5.92 Å². The fourth-order valence-electron chi connectivity index (χ4n) is 3.66. The summed E-state index contributed by atoms with van der Waals surface area (Å²) in [5, 5.41) is 3.56. The van der Waals surface area contributed by atoms with E-state index in [1.165, 1.54) is 5.69 Å². The maximum Gasteiger partial charge on any atom is 0.326 e. The van der Waals surface area contributed by atoms with Crippen LogP contribution in [0.2, 0.25) is 0 Å². The number of fused-ring (bicyclic) bond motifs is 1. The van der Waals surface area contributed by atoms with Gasteiger partial charge in [-0.2, -0.15) is 11.8 Å². The molecule has 1 aliphatic rings. The molecule has 2 N–H and O–H groups in total. The van der Waals surface area contributed by atoms with Crippen molar-refractivity contribution in [2.75, 3.05) is 34.8 Å². The second kappa shape index (κ2) is 8.35. The smallest absolute Gasteiger partial charge is 0.326 e. The standard InChI is InChI=1S/C22H28N4OS/c1-3-16(2)15-26-21-14-20(25-9-11-28-12-10-25)18(13-19(21)24-22(26)27)23-17-7-5-4-6-8-17/h4-8,13-14,16,23H,3,9-12,15H2,1-2H3,(H,24,27). The normalized spacial score (nSPS) is 15.7. The minimum absolute atomic E-state index is 0.0210. The van der Waals surface area contributed by atoms with Crippen molar-refractivity contribution < 1.29 is 0 Å². The molecule has 0 radical (unpaired) electrons. The minimum atomic E-state index is -0.0210. The summed E-state index contributed by atoms with van der Waals surface area (Å²) >= 11 is 2.00. The van der Waals surface area contributed by atoms with E-state index in [0.717, 1.165) is 60.0 Å². The zero-order valence-corrected chi connectivity index (χ0v) is 17.4. The van der Waals surface area contributed by atoms with E-state index in [1.807, 2.05) is 34.5 Å². The molecular formula is C22H28N4OS. The molecule has 1 saturated heterocycles. The topological polar surface area (TPSA) is 53.1 Å². The van der Waals surface area contributed by atoms with E-state index in [2.05, 4.69) is 53.3 Å². The number of nitrogens with zero attached hydrogens (tertiary/aromatic N) is 2. The van der Waals surface area contributed by atoms with Crippen LogP contribution in [0.1, 0.15) is 20.3 Å². The van der Waals surface area contributed by atoms with Crippen molar-refractivity contribution in [3.8, 4) is 0 Å². The van der Waals surface area contributed by atoms with Gasteiger partial charge >= 0.3 is 5.69 Å². The van der Waals surface area contributed by atoms with Crippen molar-refractivity contribution in [1.82, 2.24) is 9.55 Å². The first-order chi connectivity index (χ1) is 13.7. The summed E-state index contributed by atoms with van der Waals surface area (Å²) in [7, 11) is 0. The lowest BCUT2D eigenvalue weighted by molar-refractivity contribution is 0.468. The predicted octanol–water partition coefficient (Wildman–Crippen LogP) is 4.67. The number of thioether (sulfide) groups is 1. The summed E-state index contributed by atoms with van der Waals surface area (Å²) in [6, 6.07) is 14.5. The SMILES string of the molecule is CCC(C)Cn1c(=O)[nH]c2cc(Nc3ccccc3)c(N3CCSCC3)cc21. The first kappa shape index (κ1) is 19.0. The maximum absolute atomic E-state index is 12.6. The van der Waals surface area contributed by atoms with Crippen LogP contribution in [0.5, 0.6) is 0 Å². The van der Waals surface area contributed by atoms with Gasteiger partial charge in [0.1, 0.15) is 0 Å². The Morgan fingerprint density at radius 1 is 1.18 bits per heavy atom. The molecule has 0 spiro atoms. The molecule has 0 aliphatic carbocycles. The van der Waals surface area contributed by atoms with Gasteiger partial charge in [0.25, 0.3) is 0 Å². The van der Waals surface area contributed by atoms with Gasteiger partial charge in [-0.1, -0.05) is 38.5 Å². The van der Waals surface area contributed by atoms with Crippen LogP contribution >= 0.6 is 11.8 Å². The molecule has 0 saturated carbocycles. The second-order valence-corrected chi connectivity index (χ2v) is 8.76. The summed E-state index contributed by atoms with van der Waals surface area (Å²) in [6.45, 7) is 7.16. The lowest BCUT2D eigenvalue weighted by atomic mass is 10.1. The zero-order chi connectivity index (χ0) is 19.5. The number of H-pyrrole nitrogens is 1. The van der Waals surface area contributed by atoms with E-state index in [9.17, 15) is 4.79 Å². The third-order valence-corrected chi connectivity index (χ3v) is 6.43. The highest BCUT2D eigenvalue weighted by atomic mass is 32.2. The molecule has 2 aromatic carbocycles. The molecule has 0 amide bonds. The monoisotopic (exact) mass is 396 g/mol. The molecule has 1 aliphatic heterocycles. The maximum atomic E-state index is 12.6. The Hall–Kier alpha value is -2.34. The Balaban J connectivity index is 1.81. The average molecular weight is 397 g/mol. The van der Waals surface area contributed by atoms with Gasteiger partial charge in [0.05, 0.1) is 22.4 Å². The number of aromatic nitrogens is 2. The van der Waals surface area contributed by atoms with Crippen LogP contribution in [0.25, 0.3) is 11.0 Å². The van der Waals surface area contributed by atoms with Crippen LogP contribution in [-0.4, -0.2) is 34.1 Å². The first-order valence-corrected chi connectivity index (χ1v) is 11.2. The van der Waals surface area contributed by atoms with Crippen LogP contribution in [0.3, 0.4) is 0 Å². The molecule has 1 unspecified atom stereocenters. The molecule has 2 heterocycles. The van der Waals surface area contributed by atoms with E-state index in [4.69, 9.17) is 0 Å². The minimum Gasteiger partial charge on any atom is -0.368 e. The largest absolute Gasteiger partial charge is 0.368 e. The summed E-state index contributed by atoms with van der Waals surface area (Å²) in [4.78, 5) is 18.1. The molecule has 4 rings (SSSR count). The van der Waals surface area contributed by atoms with E-state index >= 15 is 0 Å². The van der Waals surface area contributed by atoms with Gasteiger partial charge in [-0.05, 0) is 30.2 Å². The Bertz CT molecular complexity index is 989. The number of imidazole rings is 1. The molecule has 148 valence electrons. The van der Waals surface area contributed by atoms with Gasteiger partial charge in [0.15, 0.2) is 0 Å². The summed E-state index contributed by atoms with van der Waals surface area (Å²) in [5.74, 6) is 2.74. The van der Waals surface area contributed by atoms with E-state index in [1.54, 1.807) is 0 Å². The third-order valence-electron chi connectivity index (χ3n) is 5.49. The Labute approximate surface area is 170 Å². The Morgan fingerprint density at radius 2 is 1.93 bits per heavy atom. The van der Waals surface area contributed by atoms with E-state index < -0.39 is 0 Å². The summed E-state index contributed by atoms with van der Waals surface area (Å²) in [6.07, 6.45) is 1.06. The van der Waals surface area contributed by atoms with E-state index in [-0.39, 0.29) is 5.69 Å². The predicted molar refractivity (Wildman–Crippen MR) is 121 cm³/mol. The van der Waals surface area contributed by atoms with Crippen LogP contribution < -0.4 is 15.9 Å². The van der Waals surface area contributed by atoms with Crippen molar-refractivity contribution in [3.63, 3.8) is 0 Å². The van der Waals surface area contributed by atoms with Crippen LogP contribution in [0.4, 0.5) is 17.1 Å². The van der Waals surface area contributed by atoms with Crippen LogP contribution in [0.15, 0.2) is 47.3 Å². The van der Waals surface area contributed by atoms with Crippen LogP contribution in [0, 0.1) is 5.92 Å². The highest BCUT2D eigenvalue weighted by Crippen LogP contribution is 2.34. The van der Waals surface area contributed by atoms with Crippen molar-refractivity contribution in [1.29, 1.82) is 0 Å². The average Bonchev–Trinajstić information content (AvgIpc) is 3.03. The zero-order valence-electron chi connectivity index (χ0n) is 16.6. The van der Waals surface area contributed by atoms with Gasteiger partial charge in [-0.3, -0.25) is 4.57 Å². The molecule has 3 aromatic rings. The molecular weight excluding hydrogens is 368 g/mol. The van der Waals surface area contributed by atoms with Crippen LogP contribution in [-0.2, 0) is 6.54 Å². The van der Waals surface area contributed by atoms with E-state index in [0.29, 0.717) is 5.92 Å². The Kier molecular flexibility index (Phi) is 5.67. The molecule has 1 fully saturated rings. The number of nitrogens with one attached hydrogen (secondary N) is 2. The number of aromatic amines is 1. The molecule has 1 atom stereocenters. The number of para-hydroxylation sites is 1. The third kappa shape index (κ3) is 3.92. The number of rotatable bonds is 6. The van der Waals surface area contributed by atoms with Gasteiger partial charge < -0.3 is 15.2 Å². The highest BCUT2D eigenvalue weighted by molar-refractivity contribution is 7.99. The lowest BCUT2D eigenvalue weighted by Crippen LogP contribution is -2.33.